The van der Waals surface area contributed by atoms with E-state index in [0.29, 0.717) is 11.3 Å². The Kier molecular flexibility index (Phi) is 7.97. The van der Waals surface area contributed by atoms with Crippen LogP contribution in [-0.2, 0) is 12.4 Å². The molecule has 0 aliphatic rings. The van der Waals surface area contributed by atoms with Crippen molar-refractivity contribution in [1.82, 2.24) is 10.2 Å². The van der Waals surface area contributed by atoms with Crippen molar-refractivity contribution in [3.8, 4) is 0 Å². The normalized spacial score (nSPS) is 11.8. The third-order valence-corrected chi connectivity index (χ3v) is 7.58. The molecule has 1 aromatic heterocycles. The van der Waals surface area contributed by atoms with Crippen LogP contribution in [0.3, 0.4) is 0 Å². The highest BCUT2D eigenvalue weighted by atomic mass is 32.2. The minimum atomic E-state index is -5.17. The topological polar surface area (TPSA) is 198 Å². The van der Waals surface area contributed by atoms with E-state index in [0.717, 1.165) is 0 Å². The number of hydrogen-bond acceptors (Lipinski definition) is 13. The van der Waals surface area contributed by atoms with E-state index < -0.39 is 75.7 Å². The minimum Gasteiger partial charge on any atom is -0.258 e. The average molecular weight is 618 g/mol. The third kappa shape index (κ3) is 6.48. The summed E-state index contributed by atoms with van der Waals surface area (Å²) in [4.78, 5) is 38.5. The molecule has 3 rings (SSSR count). The van der Waals surface area contributed by atoms with Gasteiger partial charge in [-0.25, -0.2) is 0 Å². The summed E-state index contributed by atoms with van der Waals surface area (Å²) in [6.45, 7) is 0. The maximum Gasteiger partial charge on any atom is 0.416 e. The van der Waals surface area contributed by atoms with Gasteiger partial charge in [-0.15, -0.1) is 10.2 Å². The van der Waals surface area contributed by atoms with Crippen LogP contribution in [0, 0.1) is 40.5 Å². The summed E-state index contributed by atoms with van der Waals surface area (Å²) in [5, 5.41) is 52.5. The van der Waals surface area contributed by atoms with Crippen molar-refractivity contribution in [2.24, 2.45) is 0 Å². The molecule has 0 aliphatic carbocycles. The van der Waals surface area contributed by atoms with Gasteiger partial charge in [0.1, 0.15) is 0 Å². The lowest BCUT2D eigenvalue weighted by atomic mass is 10.1. The lowest BCUT2D eigenvalue weighted by molar-refractivity contribution is -0.400. The monoisotopic (exact) mass is 618 g/mol. The van der Waals surface area contributed by atoms with Gasteiger partial charge >= 0.3 is 12.4 Å². The minimum absolute atomic E-state index is 0.0565. The zero-order valence-electron chi connectivity index (χ0n) is 17.8. The van der Waals surface area contributed by atoms with Crippen LogP contribution in [0.4, 0.5) is 49.1 Å². The van der Waals surface area contributed by atoms with Crippen LogP contribution in [0.2, 0.25) is 0 Å². The van der Waals surface area contributed by atoms with Crippen LogP contribution in [0.5, 0.6) is 0 Å². The lowest BCUT2D eigenvalue weighted by Gasteiger charge is -2.09. The van der Waals surface area contributed by atoms with Crippen molar-refractivity contribution >= 4 is 57.6 Å². The predicted octanol–water partition coefficient (Wildman–Crippen LogP) is 6.51. The molecule has 39 heavy (non-hydrogen) atoms. The van der Waals surface area contributed by atoms with Crippen LogP contribution in [0.15, 0.2) is 42.7 Å². The fourth-order valence-corrected chi connectivity index (χ4v) is 5.97. The molecule has 0 saturated carbocycles. The van der Waals surface area contributed by atoms with E-state index in [1.165, 1.54) is 0 Å². The first-order chi connectivity index (χ1) is 17.9. The van der Waals surface area contributed by atoms with Gasteiger partial charge < -0.3 is 0 Å². The van der Waals surface area contributed by atoms with Crippen molar-refractivity contribution in [2.75, 3.05) is 0 Å². The van der Waals surface area contributed by atoms with Crippen LogP contribution in [0.25, 0.3) is 0 Å². The van der Waals surface area contributed by atoms with Gasteiger partial charge in [0.05, 0.1) is 30.8 Å². The van der Waals surface area contributed by atoms with Crippen molar-refractivity contribution < 1.29 is 46.0 Å². The number of rotatable bonds is 8. The van der Waals surface area contributed by atoms with Gasteiger partial charge in [0.25, 0.3) is 22.7 Å². The highest BCUT2D eigenvalue weighted by molar-refractivity contribution is 8.03. The molecule has 0 amide bonds. The van der Waals surface area contributed by atoms with Crippen molar-refractivity contribution in [3.05, 3.63) is 75.8 Å². The average Bonchev–Trinajstić information content (AvgIpc) is 3.23. The molecule has 23 heteroatoms. The molecule has 0 bridgehead atoms. The molecule has 0 fully saturated rings. The molecule has 0 aliphatic heterocycles. The first-order valence-electron chi connectivity index (χ1n) is 9.17. The lowest BCUT2D eigenvalue weighted by Crippen LogP contribution is -2.08. The quantitative estimate of drug-likeness (QED) is 0.151. The van der Waals surface area contributed by atoms with Gasteiger partial charge in [-0.05, 0) is 23.5 Å². The molecule has 0 spiro atoms. The molecular formula is C16H4F6N6O8S3. The number of alkyl halides is 6. The summed E-state index contributed by atoms with van der Waals surface area (Å²) in [5.74, 6) is 0. The molecule has 0 saturated heterocycles. The van der Waals surface area contributed by atoms with E-state index in [-0.39, 0.29) is 56.5 Å². The second-order valence-electron chi connectivity index (χ2n) is 6.75. The van der Waals surface area contributed by atoms with Crippen LogP contribution in [-0.4, -0.2) is 29.9 Å². The standard InChI is InChI=1S/C16H4F6N6O8S3/c17-15(18,19)5-1-7(25(29)30)11(8(2-5)26(31)32)37-13-23-24-14(39-13)38-12-9(27(33)34)3-6(16(20,21)22)4-10(12)28(35)36/h1-4H. The molecule has 0 unspecified atom stereocenters. The maximum atomic E-state index is 13.1. The molecule has 3 aromatic rings. The Morgan fingerprint density at radius 2 is 0.846 bits per heavy atom. The summed E-state index contributed by atoms with van der Waals surface area (Å²) < 4.78 is 77.7. The Labute approximate surface area is 220 Å². The Morgan fingerprint density at radius 3 is 1.05 bits per heavy atom. The van der Waals surface area contributed by atoms with Crippen LogP contribution in [0.1, 0.15) is 11.1 Å². The van der Waals surface area contributed by atoms with Gasteiger partial charge in [0.2, 0.25) is 0 Å². The molecule has 0 atom stereocenters. The third-order valence-electron chi connectivity index (χ3n) is 4.31. The number of aromatic nitrogens is 2. The zero-order valence-corrected chi connectivity index (χ0v) is 20.2. The van der Waals surface area contributed by atoms with E-state index in [4.69, 9.17) is 0 Å². The second-order valence-corrected chi connectivity index (χ2v) is 10.2. The fourth-order valence-electron chi connectivity index (χ4n) is 2.73. The first kappa shape index (κ1) is 29.4. The molecule has 14 nitrogen and oxygen atoms in total. The fraction of sp³-hybridized carbons (Fsp3) is 0.125. The molecule has 206 valence electrons. The van der Waals surface area contributed by atoms with E-state index >= 15 is 0 Å². The number of nitro benzene ring substituents is 4. The number of benzene rings is 2. The summed E-state index contributed by atoms with van der Waals surface area (Å²) in [7, 11) is 0. The SMILES string of the molecule is O=[N+]([O-])c1cc(C(F)(F)F)cc([N+](=O)[O-])c1Sc1nnc(Sc2c([N+](=O)[O-])cc(C(F)(F)F)cc2[N+](=O)[O-])s1. The molecule has 0 N–H and O–H groups in total. The summed E-state index contributed by atoms with van der Waals surface area (Å²) in [6, 6.07) is 0.226. The summed E-state index contributed by atoms with van der Waals surface area (Å²) in [6.07, 6.45) is -10.3. The highest BCUT2D eigenvalue weighted by Gasteiger charge is 2.40. The van der Waals surface area contributed by atoms with Crippen LogP contribution < -0.4 is 0 Å². The first-order valence-corrected chi connectivity index (χ1v) is 11.6. The number of nitrogens with zero attached hydrogens (tertiary/aromatic N) is 6. The molecule has 0 radical (unpaired) electrons. The highest BCUT2D eigenvalue weighted by Crippen LogP contribution is 2.49. The second kappa shape index (κ2) is 10.6. The Hall–Kier alpha value is -4.12. The molecular weight excluding hydrogens is 614 g/mol. The summed E-state index contributed by atoms with van der Waals surface area (Å²) >= 11 is 0.671. The van der Waals surface area contributed by atoms with E-state index in [9.17, 15) is 66.8 Å². The van der Waals surface area contributed by atoms with Crippen molar-refractivity contribution in [3.63, 3.8) is 0 Å². The van der Waals surface area contributed by atoms with Crippen molar-refractivity contribution in [2.45, 2.75) is 30.8 Å². The number of hydrogen-bond donors (Lipinski definition) is 0. The van der Waals surface area contributed by atoms with Gasteiger partial charge in [0.15, 0.2) is 18.5 Å². The number of nitro groups is 4. The maximum absolute atomic E-state index is 13.1. The Bertz CT molecular complexity index is 1350. The van der Waals surface area contributed by atoms with E-state index in [2.05, 4.69) is 10.2 Å². The van der Waals surface area contributed by atoms with Crippen LogP contribution >= 0.6 is 34.9 Å². The smallest absolute Gasteiger partial charge is 0.258 e. The predicted molar refractivity (Wildman–Crippen MR) is 118 cm³/mol. The van der Waals surface area contributed by atoms with E-state index in [1.807, 2.05) is 0 Å². The van der Waals surface area contributed by atoms with Gasteiger partial charge in [0, 0.05) is 24.3 Å². The number of halogens is 6. The van der Waals surface area contributed by atoms with Crippen molar-refractivity contribution in [1.29, 1.82) is 0 Å². The molecule has 2 aromatic carbocycles. The van der Waals surface area contributed by atoms with Gasteiger partial charge in [-0.2, -0.15) is 26.3 Å². The Balaban J connectivity index is 2.08. The zero-order chi connectivity index (χ0) is 29.4. The van der Waals surface area contributed by atoms with Gasteiger partial charge in [-0.1, -0.05) is 11.3 Å². The largest absolute Gasteiger partial charge is 0.416 e. The molecule has 1 heterocycles. The van der Waals surface area contributed by atoms with E-state index in [1.54, 1.807) is 0 Å². The van der Waals surface area contributed by atoms with Gasteiger partial charge in [-0.3, -0.25) is 40.5 Å². The summed E-state index contributed by atoms with van der Waals surface area (Å²) in [5.41, 5.74) is -8.58. The Morgan fingerprint density at radius 1 is 0.590 bits per heavy atom.